The predicted octanol–water partition coefficient (Wildman–Crippen LogP) is 3.03. The van der Waals surface area contributed by atoms with Gasteiger partial charge < -0.3 is 13.8 Å². The van der Waals surface area contributed by atoms with E-state index in [2.05, 4.69) is 10.1 Å². The zero-order valence-electron chi connectivity index (χ0n) is 12.1. The van der Waals surface area contributed by atoms with E-state index in [4.69, 9.17) is 8.94 Å². The van der Waals surface area contributed by atoms with Crippen molar-refractivity contribution in [2.24, 2.45) is 0 Å². The molecule has 0 aliphatic carbocycles. The van der Waals surface area contributed by atoms with Crippen molar-refractivity contribution in [2.45, 2.75) is 5.92 Å². The molecule has 1 saturated heterocycles. The smallest absolute Gasteiger partial charge is 0.246 e. The molecule has 6 nitrogen and oxygen atoms in total. The number of aromatic nitrogens is 2. The van der Waals surface area contributed by atoms with E-state index in [0.717, 1.165) is 4.88 Å². The first kappa shape index (κ1) is 14.0. The molecule has 116 valence electrons. The van der Waals surface area contributed by atoms with Gasteiger partial charge in [-0.15, -0.1) is 11.3 Å². The largest absolute Gasteiger partial charge is 0.465 e. The highest BCUT2D eigenvalue weighted by Gasteiger charge is 2.34. The Bertz CT molecular complexity index is 815. The van der Waals surface area contributed by atoms with Crippen LogP contribution >= 0.6 is 11.3 Å². The second-order valence-electron chi connectivity index (χ2n) is 5.22. The average Bonchev–Trinajstić information content (AvgIpc) is 3.24. The van der Waals surface area contributed by atoms with E-state index in [0.29, 0.717) is 30.6 Å². The quantitative estimate of drug-likeness (QED) is 0.689. The van der Waals surface area contributed by atoms with Gasteiger partial charge in [0.2, 0.25) is 17.6 Å². The molecular formula is C16H13N3O3S. The second kappa shape index (κ2) is 5.85. The Morgan fingerprint density at radius 3 is 3.00 bits per heavy atom. The van der Waals surface area contributed by atoms with E-state index in [-0.39, 0.29) is 11.8 Å². The summed E-state index contributed by atoms with van der Waals surface area (Å²) in [4.78, 5) is 19.2. The van der Waals surface area contributed by atoms with Crippen molar-refractivity contribution >= 4 is 23.3 Å². The fourth-order valence-corrected chi connectivity index (χ4v) is 3.02. The Kier molecular flexibility index (Phi) is 3.55. The minimum atomic E-state index is -0.0457. The molecule has 0 unspecified atom stereocenters. The molecule has 0 atom stereocenters. The van der Waals surface area contributed by atoms with Gasteiger partial charge in [0, 0.05) is 19.2 Å². The van der Waals surface area contributed by atoms with Crippen LogP contribution in [0.4, 0.5) is 0 Å². The van der Waals surface area contributed by atoms with Crippen molar-refractivity contribution in [3.05, 3.63) is 53.6 Å². The molecule has 3 aromatic rings. The summed E-state index contributed by atoms with van der Waals surface area (Å²) in [5.74, 6) is 1.92. The zero-order chi connectivity index (χ0) is 15.6. The zero-order valence-corrected chi connectivity index (χ0v) is 12.9. The van der Waals surface area contributed by atoms with Crippen molar-refractivity contribution in [3.63, 3.8) is 0 Å². The first-order valence-corrected chi connectivity index (χ1v) is 8.05. The second-order valence-corrected chi connectivity index (χ2v) is 6.17. The molecule has 4 heterocycles. The van der Waals surface area contributed by atoms with Crippen molar-refractivity contribution in [2.75, 3.05) is 13.1 Å². The average molecular weight is 327 g/mol. The molecule has 0 aromatic carbocycles. The number of hydrogen-bond acceptors (Lipinski definition) is 6. The van der Waals surface area contributed by atoms with Crippen LogP contribution in [0.25, 0.3) is 16.8 Å². The number of carbonyl (C=O) groups is 1. The van der Waals surface area contributed by atoms with Gasteiger partial charge in [0.05, 0.1) is 17.1 Å². The maximum absolute atomic E-state index is 12.0. The van der Waals surface area contributed by atoms with E-state index >= 15 is 0 Å². The van der Waals surface area contributed by atoms with Crippen molar-refractivity contribution < 1.29 is 13.7 Å². The van der Waals surface area contributed by atoms with E-state index in [1.54, 1.807) is 40.7 Å². The molecule has 4 rings (SSSR count). The first-order valence-electron chi connectivity index (χ1n) is 7.17. The fourth-order valence-electron chi connectivity index (χ4n) is 2.37. The van der Waals surface area contributed by atoms with Crippen LogP contribution in [0.3, 0.4) is 0 Å². The van der Waals surface area contributed by atoms with Crippen LogP contribution in [0.15, 0.2) is 50.9 Å². The van der Waals surface area contributed by atoms with Gasteiger partial charge >= 0.3 is 0 Å². The van der Waals surface area contributed by atoms with E-state index in [1.165, 1.54) is 6.08 Å². The summed E-state index contributed by atoms with van der Waals surface area (Å²) in [7, 11) is 0. The van der Waals surface area contributed by atoms with Gasteiger partial charge in [0.1, 0.15) is 5.76 Å². The number of furan rings is 1. The highest BCUT2D eigenvalue weighted by atomic mass is 32.1. The van der Waals surface area contributed by atoms with Gasteiger partial charge in [-0.2, -0.15) is 4.98 Å². The van der Waals surface area contributed by atoms with Gasteiger partial charge in [-0.3, -0.25) is 4.79 Å². The molecular weight excluding hydrogens is 314 g/mol. The summed E-state index contributed by atoms with van der Waals surface area (Å²) in [6.45, 7) is 1.18. The number of nitrogens with zero attached hydrogens (tertiary/aromatic N) is 3. The minimum Gasteiger partial charge on any atom is -0.465 e. The fraction of sp³-hybridized carbons (Fsp3) is 0.188. The normalized spacial score (nSPS) is 15.2. The molecule has 3 aromatic heterocycles. The monoisotopic (exact) mass is 327 g/mol. The topological polar surface area (TPSA) is 72.4 Å². The lowest BCUT2D eigenvalue weighted by Gasteiger charge is -2.36. The Labute approximate surface area is 136 Å². The Morgan fingerprint density at radius 1 is 1.35 bits per heavy atom. The number of thiophene rings is 1. The lowest BCUT2D eigenvalue weighted by atomic mass is 10.00. The molecule has 1 amide bonds. The van der Waals surface area contributed by atoms with Crippen LogP contribution in [0.2, 0.25) is 0 Å². The van der Waals surface area contributed by atoms with Crippen LogP contribution in [0.5, 0.6) is 0 Å². The van der Waals surface area contributed by atoms with E-state index < -0.39 is 0 Å². The Hall–Kier alpha value is -2.67. The molecule has 7 heteroatoms. The molecule has 0 spiro atoms. The van der Waals surface area contributed by atoms with Crippen LogP contribution in [0.1, 0.15) is 17.6 Å². The molecule has 1 aliphatic rings. The van der Waals surface area contributed by atoms with Gasteiger partial charge in [0.25, 0.3) is 0 Å². The lowest BCUT2D eigenvalue weighted by Crippen LogP contribution is -2.47. The van der Waals surface area contributed by atoms with Gasteiger partial charge in [-0.25, -0.2) is 0 Å². The third-order valence-electron chi connectivity index (χ3n) is 3.66. The SMILES string of the molecule is O=C(C=Cc1ccco1)N1CC(c2nc(-c3cccs3)no2)C1. The first-order chi connectivity index (χ1) is 11.3. The minimum absolute atomic E-state index is 0.0457. The lowest BCUT2D eigenvalue weighted by molar-refractivity contribution is -0.130. The molecule has 0 N–H and O–H groups in total. The highest BCUT2D eigenvalue weighted by Crippen LogP contribution is 2.29. The van der Waals surface area contributed by atoms with Gasteiger partial charge in [-0.1, -0.05) is 11.2 Å². The summed E-state index contributed by atoms with van der Waals surface area (Å²) < 4.78 is 10.5. The summed E-state index contributed by atoms with van der Waals surface area (Å²) in [5, 5.41) is 5.97. The summed E-state index contributed by atoms with van der Waals surface area (Å²) in [5.41, 5.74) is 0. The third-order valence-corrected chi connectivity index (χ3v) is 4.52. The number of likely N-dealkylation sites (tertiary alicyclic amines) is 1. The molecule has 0 radical (unpaired) electrons. The van der Waals surface area contributed by atoms with Crippen molar-refractivity contribution in [3.8, 4) is 10.7 Å². The Balaban J connectivity index is 1.35. The molecule has 0 saturated carbocycles. The molecule has 1 fully saturated rings. The number of rotatable bonds is 4. The van der Waals surface area contributed by atoms with Crippen molar-refractivity contribution in [1.82, 2.24) is 15.0 Å². The highest BCUT2D eigenvalue weighted by molar-refractivity contribution is 7.13. The number of hydrogen-bond donors (Lipinski definition) is 0. The maximum Gasteiger partial charge on any atom is 0.246 e. The predicted molar refractivity (Wildman–Crippen MR) is 84.7 cm³/mol. The summed E-state index contributed by atoms with van der Waals surface area (Å²) in [6, 6.07) is 7.48. The van der Waals surface area contributed by atoms with Crippen LogP contribution in [0, 0.1) is 0 Å². The summed E-state index contributed by atoms with van der Waals surface area (Å²) >= 11 is 1.57. The molecule has 23 heavy (non-hydrogen) atoms. The summed E-state index contributed by atoms with van der Waals surface area (Å²) in [6.07, 6.45) is 4.75. The number of carbonyl (C=O) groups excluding carboxylic acids is 1. The van der Waals surface area contributed by atoms with Crippen LogP contribution in [-0.4, -0.2) is 34.0 Å². The standard InChI is InChI=1S/C16H13N3O3S/c20-14(6-5-12-3-1-7-21-12)19-9-11(10-19)16-17-15(18-22-16)13-4-2-8-23-13/h1-8,11H,9-10H2. The van der Waals surface area contributed by atoms with Crippen LogP contribution in [-0.2, 0) is 4.79 Å². The van der Waals surface area contributed by atoms with E-state index in [9.17, 15) is 4.79 Å². The third kappa shape index (κ3) is 2.83. The van der Waals surface area contributed by atoms with Crippen LogP contribution < -0.4 is 0 Å². The Morgan fingerprint density at radius 2 is 2.26 bits per heavy atom. The van der Waals surface area contributed by atoms with Gasteiger partial charge in [-0.05, 0) is 29.7 Å². The number of amides is 1. The maximum atomic E-state index is 12.0. The van der Waals surface area contributed by atoms with Gasteiger partial charge in [0.15, 0.2) is 0 Å². The van der Waals surface area contributed by atoms with Crippen molar-refractivity contribution in [1.29, 1.82) is 0 Å². The van der Waals surface area contributed by atoms with E-state index in [1.807, 2.05) is 17.5 Å². The molecule has 0 bridgehead atoms. The molecule has 1 aliphatic heterocycles.